The second kappa shape index (κ2) is 8.25. The lowest BCUT2D eigenvalue weighted by molar-refractivity contribution is -0.384. The highest BCUT2D eigenvalue weighted by atomic mass is 32.2. The summed E-state index contributed by atoms with van der Waals surface area (Å²) in [6, 6.07) is 5.36. The van der Waals surface area contributed by atoms with E-state index in [1.165, 1.54) is 23.9 Å². The monoisotopic (exact) mass is 311 g/mol. The molecule has 0 aromatic heterocycles. The molecule has 1 rings (SSSR count). The Morgan fingerprint density at radius 3 is 2.48 bits per heavy atom. The predicted molar refractivity (Wildman–Crippen MR) is 80.1 cm³/mol. The van der Waals surface area contributed by atoms with Crippen molar-refractivity contribution in [3.05, 3.63) is 34.4 Å². The highest BCUT2D eigenvalue weighted by Gasteiger charge is 2.14. The van der Waals surface area contributed by atoms with E-state index in [1.807, 2.05) is 0 Å². The molecule has 7 nitrogen and oxygen atoms in total. The Morgan fingerprint density at radius 1 is 1.33 bits per heavy atom. The summed E-state index contributed by atoms with van der Waals surface area (Å²) in [6.07, 6.45) is 0. The lowest BCUT2D eigenvalue weighted by atomic mass is 10.3. The Hall–Kier alpha value is -2.09. The van der Waals surface area contributed by atoms with Crippen LogP contribution in [0.4, 0.5) is 5.69 Å². The Kier molecular flexibility index (Phi) is 6.67. The molecule has 1 aromatic rings. The summed E-state index contributed by atoms with van der Waals surface area (Å²) in [5.74, 6) is -0.357. The molecule has 0 aliphatic carbocycles. The minimum atomic E-state index is -0.588. The van der Waals surface area contributed by atoms with Gasteiger partial charge in [0.2, 0.25) is 11.8 Å². The number of amides is 2. The summed E-state index contributed by atoms with van der Waals surface area (Å²) in [6.45, 7) is 3.92. The van der Waals surface area contributed by atoms with Crippen LogP contribution in [0.25, 0.3) is 0 Å². The first-order chi connectivity index (χ1) is 9.93. The number of thioether (sulfide) groups is 1. The molecule has 8 heteroatoms. The first kappa shape index (κ1) is 17.0. The zero-order chi connectivity index (χ0) is 15.8. The Morgan fingerprint density at radius 2 is 1.95 bits per heavy atom. The number of benzene rings is 1. The summed E-state index contributed by atoms with van der Waals surface area (Å²) in [7, 11) is 0. The SMILES string of the molecule is CCNC(=O)[C@@H](C)NC(=O)CSc1ccc([N+](=O)[O-])cc1. The Bertz CT molecular complexity index is 519. The van der Waals surface area contributed by atoms with Gasteiger partial charge >= 0.3 is 0 Å². The van der Waals surface area contributed by atoms with Crippen molar-refractivity contribution in [1.82, 2.24) is 10.6 Å². The molecule has 2 N–H and O–H groups in total. The normalized spacial score (nSPS) is 11.5. The fraction of sp³-hybridized carbons (Fsp3) is 0.385. The van der Waals surface area contributed by atoms with Gasteiger partial charge in [0.1, 0.15) is 6.04 Å². The molecule has 114 valence electrons. The van der Waals surface area contributed by atoms with Crippen molar-refractivity contribution in [2.24, 2.45) is 0 Å². The van der Waals surface area contributed by atoms with Crippen molar-refractivity contribution in [2.45, 2.75) is 24.8 Å². The first-order valence-electron chi connectivity index (χ1n) is 6.38. The third kappa shape index (κ3) is 5.82. The van der Waals surface area contributed by atoms with E-state index in [0.717, 1.165) is 4.90 Å². The van der Waals surface area contributed by atoms with E-state index in [9.17, 15) is 19.7 Å². The van der Waals surface area contributed by atoms with Gasteiger partial charge in [-0.05, 0) is 26.0 Å². The topological polar surface area (TPSA) is 101 Å². The minimum absolute atomic E-state index is 0.00802. The Labute approximate surface area is 126 Å². The zero-order valence-electron chi connectivity index (χ0n) is 11.8. The quantitative estimate of drug-likeness (QED) is 0.449. The van der Waals surface area contributed by atoms with Crippen LogP contribution in [0, 0.1) is 10.1 Å². The van der Waals surface area contributed by atoms with Crippen LogP contribution in [0.15, 0.2) is 29.2 Å². The van der Waals surface area contributed by atoms with Crippen LogP contribution in [-0.2, 0) is 9.59 Å². The first-order valence-corrected chi connectivity index (χ1v) is 7.37. The van der Waals surface area contributed by atoms with E-state index in [0.29, 0.717) is 6.54 Å². The molecular weight excluding hydrogens is 294 g/mol. The van der Waals surface area contributed by atoms with Crippen molar-refractivity contribution >= 4 is 29.3 Å². The fourth-order valence-electron chi connectivity index (χ4n) is 1.49. The van der Waals surface area contributed by atoms with E-state index in [4.69, 9.17) is 0 Å². The smallest absolute Gasteiger partial charge is 0.269 e. The maximum atomic E-state index is 11.7. The molecule has 0 bridgehead atoms. The number of rotatable bonds is 7. The highest BCUT2D eigenvalue weighted by Crippen LogP contribution is 2.21. The second-order valence-corrected chi connectivity index (χ2v) is 5.27. The van der Waals surface area contributed by atoms with Crippen LogP contribution in [0.3, 0.4) is 0 Å². The third-order valence-corrected chi connectivity index (χ3v) is 3.55. The van der Waals surface area contributed by atoms with Gasteiger partial charge in [0.05, 0.1) is 10.7 Å². The van der Waals surface area contributed by atoms with Gasteiger partial charge < -0.3 is 10.6 Å². The van der Waals surface area contributed by atoms with E-state index >= 15 is 0 Å². The summed E-state index contributed by atoms with van der Waals surface area (Å²) in [5.41, 5.74) is 0.00802. The van der Waals surface area contributed by atoms with E-state index in [-0.39, 0.29) is 23.3 Å². The summed E-state index contributed by atoms with van der Waals surface area (Å²) >= 11 is 1.25. The lowest BCUT2D eigenvalue weighted by Crippen LogP contribution is -2.45. The largest absolute Gasteiger partial charge is 0.355 e. The summed E-state index contributed by atoms with van der Waals surface area (Å²) in [4.78, 5) is 33.9. The standard InChI is InChI=1S/C13H17N3O4S/c1-3-14-13(18)9(2)15-12(17)8-21-11-6-4-10(5-7-11)16(19)20/h4-7,9H,3,8H2,1-2H3,(H,14,18)(H,15,17)/t9-/m1/s1. The number of hydrogen-bond acceptors (Lipinski definition) is 5. The number of likely N-dealkylation sites (N-methyl/N-ethyl adjacent to an activating group) is 1. The van der Waals surface area contributed by atoms with Crippen molar-refractivity contribution in [3.63, 3.8) is 0 Å². The fourth-order valence-corrected chi connectivity index (χ4v) is 2.20. The molecule has 2 amide bonds. The number of hydrogen-bond donors (Lipinski definition) is 2. The number of non-ortho nitro benzene ring substituents is 1. The molecule has 0 spiro atoms. The molecule has 1 aromatic carbocycles. The molecule has 21 heavy (non-hydrogen) atoms. The number of nitrogens with one attached hydrogen (secondary N) is 2. The van der Waals surface area contributed by atoms with Crippen LogP contribution in [-0.4, -0.2) is 35.1 Å². The maximum Gasteiger partial charge on any atom is 0.269 e. The van der Waals surface area contributed by atoms with Crippen LogP contribution >= 0.6 is 11.8 Å². The van der Waals surface area contributed by atoms with Gasteiger partial charge in [-0.3, -0.25) is 19.7 Å². The predicted octanol–water partition coefficient (Wildman–Crippen LogP) is 1.33. The molecule has 0 radical (unpaired) electrons. The van der Waals surface area contributed by atoms with E-state index in [1.54, 1.807) is 26.0 Å². The van der Waals surface area contributed by atoms with Crippen molar-refractivity contribution < 1.29 is 14.5 Å². The van der Waals surface area contributed by atoms with Gasteiger partial charge in [0, 0.05) is 23.6 Å². The summed E-state index contributed by atoms with van der Waals surface area (Å²) < 4.78 is 0. The highest BCUT2D eigenvalue weighted by molar-refractivity contribution is 8.00. The van der Waals surface area contributed by atoms with E-state index < -0.39 is 11.0 Å². The van der Waals surface area contributed by atoms with Crippen molar-refractivity contribution in [3.8, 4) is 0 Å². The average molecular weight is 311 g/mol. The molecule has 0 saturated heterocycles. The zero-order valence-corrected chi connectivity index (χ0v) is 12.6. The van der Waals surface area contributed by atoms with Crippen LogP contribution < -0.4 is 10.6 Å². The number of carbonyl (C=O) groups is 2. The van der Waals surface area contributed by atoms with Gasteiger partial charge in [-0.2, -0.15) is 0 Å². The van der Waals surface area contributed by atoms with Crippen molar-refractivity contribution in [1.29, 1.82) is 0 Å². The van der Waals surface area contributed by atoms with Crippen molar-refractivity contribution in [2.75, 3.05) is 12.3 Å². The lowest BCUT2D eigenvalue weighted by Gasteiger charge is -2.13. The number of nitro benzene ring substituents is 1. The maximum absolute atomic E-state index is 11.7. The molecule has 0 unspecified atom stereocenters. The minimum Gasteiger partial charge on any atom is -0.355 e. The molecule has 0 saturated carbocycles. The van der Waals surface area contributed by atoms with Crippen LogP contribution in [0.1, 0.15) is 13.8 Å². The molecule has 0 aliphatic heterocycles. The van der Waals surface area contributed by atoms with Gasteiger partial charge in [-0.1, -0.05) is 0 Å². The molecule has 1 atom stereocenters. The molecule has 0 aliphatic rings. The molecule has 0 heterocycles. The number of nitro groups is 1. The van der Waals surface area contributed by atoms with Crippen LogP contribution in [0.2, 0.25) is 0 Å². The van der Waals surface area contributed by atoms with Crippen LogP contribution in [0.5, 0.6) is 0 Å². The average Bonchev–Trinajstić information content (AvgIpc) is 2.45. The van der Waals surface area contributed by atoms with Gasteiger partial charge in [-0.15, -0.1) is 11.8 Å². The third-order valence-electron chi connectivity index (χ3n) is 2.54. The molecular formula is C13H17N3O4S. The van der Waals surface area contributed by atoms with Gasteiger partial charge in [0.25, 0.3) is 5.69 Å². The second-order valence-electron chi connectivity index (χ2n) is 4.22. The number of carbonyl (C=O) groups excluding carboxylic acids is 2. The summed E-state index contributed by atoms with van der Waals surface area (Å²) in [5, 5.41) is 15.7. The number of nitrogens with zero attached hydrogens (tertiary/aromatic N) is 1. The van der Waals surface area contributed by atoms with Gasteiger partial charge in [0.15, 0.2) is 0 Å². The Balaban J connectivity index is 2.42. The molecule has 0 fully saturated rings. The van der Waals surface area contributed by atoms with E-state index in [2.05, 4.69) is 10.6 Å². The van der Waals surface area contributed by atoms with Gasteiger partial charge in [-0.25, -0.2) is 0 Å².